The predicted octanol–water partition coefficient (Wildman–Crippen LogP) is 0.904. The molecule has 0 aromatic heterocycles. The molecule has 3 aliphatic heterocycles. The molecule has 1 fully saturated rings. The van der Waals surface area contributed by atoms with Gasteiger partial charge in [-0.05, 0) is 25.0 Å². The third-order valence-corrected chi connectivity index (χ3v) is 6.64. The zero-order valence-corrected chi connectivity index (χ0v) is 15.2. The van der Waals surface area contributed by atoms with Crippen LogP contribution in [-0.4, -0.2) is 64.2 Å². The number of ether oxygens (including phenoxy) is 1. The number of anilines is 2. The molecule has 0 saturated carbocycles. The molecule has 3 aliphatic rings. The predicted molar refractivity (Wildman–Crippen MR) is 95.6 cm³/mol. The van der Waals surface area contributed by atoms with E-state index in [1.807, 2.05) is 23.1 Å². The third-order valence-electron chi connectivity index (χ3n) is 5.34. The fourth-order valence-electron chi connectivity index (χ4n) is 3.99. The Hall–Kier alpha value is -1.80. The van der Waals surface area contributed by atoms with Crippen LogP contribution in [0.5, 0.6) is 5.75 Å². The summed E-state index contributed by atoms with van der Waals surface area (Å²) in [4.78, 5) is 17.2. The van der Waals surface area contributed by atoms with Crippen molar-refractivity contribution >= 4 is 27.3 Å². The zero-order chi connectivity index (χ0) is 17.6. The average molecular weight is 365 g/mol. The number of hydrogen-bond acceptors (Lipinski definition) is 5. The smallest absolute Gasteiger partial charge is 0.230 e. The molecule has 1 amide bonds. The molecule has 0 unspecified atom stereocenters. The van der Waals surface area contributed by atoms with E-state index in [4.69, 9.17) is 4.74 Å². The number of piperidine rings is 1. The fourth-order valence-corrected chi connectivity index (χ4v) is 4.86. The van der Waals surface area contributed by atoms with Crippen LogP contribution in [0.2, 0.25) is 0 Å². The molecule has 3 heterocycles. The first-order valence-electron chi connectivity index (χ1n) is 8.72. The van der Waals surface area contributed by atoms with Crippen LogP contribution in [0.4, 0.5) is 11.4 Å². The van der Waals surface area contributed by atoms with Gasteiger partial charge in [-0.1, -0.05) is 6.07 Å². The Morgan fingerprint density at radius 3 is 2.60 bits per heavy atom. The van der Waals surface area contributed by atoms with E-state index in [1.54, 1.807) is 0 Å². The maximum Gasteiger partial charge on any atom is 0.230 e. The van der Waals surface area contributed by atoms with Gasteiger partial charge in [-0.2, -0.15) is 0 Å². The number of amides is 1. The standard InChI is InChI=1S/C17H23N3O4S/c1-25(22,23)19-7-5-13(6-8-19)17(21)20-10-9-18-11-12-24-15-4-2-3-14(20)16(15)18/h2-4,13H,5-12H2,1H3. The molecule has 0 radical (unpaired) electrons. The van der Waals surface area contributed by atoms with E-state index < -0.39 is 10.0 Å². The molecule has 0 N–H and O–H groups in total. The first-order valence-corrected chi connectivity index (χ1v) is 10.6. The van der Waals surface area contributed by atoms with Gasteiger partial charge in [0.1, 0.15) is 18.0 Å². The second-order valence-corrected chi connectivity index (χ2v) is 8.87. The van der Waals surface area contributed by atoms with Crippen LogP contribution in [0.3, 0.4) is 0 Å². The van der Waals surface area contributed by atoms with E-state index in [2.05, 4.69) is 4.90 Å². The minimum absolute atomic E-state index is 0.103. The lowest BCUT2D eigenvalue weighted by molar-refractivity contribution is -0.123. The number of carbonyl (C=O) groups is 1. The number of para-hydroxylation sites is 1. The molecule has 1 saturated heterocycles. The molecule has 0 spiro atoms. The Kier molecular flexibility index (Phi) is 4.11. The number of carbonyl (C=O) groups excluding carboxylic acids is 1. The van der Waals surface area contributed by atoms with Gasteiger partial charge in [0.2, 0.25) is 15.9 Å². The van der Waals surface area contributed by atoms with Crippen molar-refractivity contribution in [2.24, 2.45) is 5.92 Å². The molecule has 0 atom stereocenters. The van der Waals surface area contributed by atoms with Gasteiger partial charge in [-0.15, -0.1) is 0 Å². The van der Waals surface area contributed by atoms with Crippen molar-refractivity contribution in [3.05, 3.63) is 18.2 Å². The lowest BCUT2D eigenvalue weighted by atomic mass is 9.95. The number of nitrogens with zero attached hydrogens (tertiary/aromatic N) is 3. The summed E-state index contributed by atoms with van der Waals surface area (Å²) in [6.07, 6.45) is 2.39. The van der Waals surface area contributed by atoms with Crippen molar-refractivity contribution in [2.75, 3.05) is 55.4 Å². The topological polar surface area (TPSA) is 70.2 Å². The Morgan fingerprint density at radius 1 is 1.12 bits per heavy atom. The van der Waals surface area contributed by atoms with Crippen molar-refractivity contribution in [3.63, 3.8) is 0 Å². The summed E-state index contributed by atoms with van der Waals surface area (Å²) in [5.74, 6) is 0.824. The lowest BCUT2D eigenvalue weighted by Crippen LogP contribution is -2.50. The molecule has 7 nitrogen and oxygen atoms in total. The molecule has 136 valence electrons. The van der Waals surface area contributed by atoms with E-state index >= 15 is 0 Å². The van der Waals surface area contributed by atoms with Gasteiger partial charge >= 0.3 is 0 Å². The van der Waals surface area contributed by atoms with Crippen molar-refractivity contribution in [3.8, 4) is 5.75 Å². The maximum atomic E-state index is 13.1. The summed E-state index contributed by atoms with van der Waals surface area (Å²) in [6.45, 7) is 3.84. The van der Waals surface area contributed by atoms with Crippen LogP contribution in [0.25, 0.3) is 0 Å². The number of sulfonamides is 1. The maximum absolute atomic E-state index is 13.1. The van der Waals surface area contributed by atoms with E-state index in [0.29, 0.717) is 39.1 Å². The summed E-state index contributed by atoms with van der Waals surface area (Å²) in [5.41, 5.74) is 1.93. The van der Waals surface area contributed by atoms with E-state index in [0.717, 1.165) is 30.2 Å². The molecular weight excluding hydrogens is 342 g/mol. The second-order valence-electron chi connectivity index (χ2n) is 6.89. The number of rotatable bonds is 2. The van der Waals surface area contributed by atoms with Crippen molar-refractivity contribution < 1.29 is 17.9 Å². The van der Waals surface area contributed by atoms with Crippen LogP contribution in [0, 0.1) is 5.92 Å². The normalized spacial score (nSPS) is 21.6. The monoisotopic (exact) mass is 365 g/mol. The van der Waals surface area contributed by atoms with Crippen LogP contribution in [0.15, 0.2) is 18.2 Å². The van der Waals surface area contributed by atoms with E-state index in [9.17, 15) is 13.2 Å². The molecule has 8 heteroatoms. The Balaban J connectivity index is 1.54. The van der Waals surface area contributed by atoms with Gasteiger partial charge < -0.3 is 14.5 Å². The van der Waals surface area contributed by atoms with Gasteiger partial charge in [0.15, 0.2) is 0 Å². The first-order chi connectivity index (χ1) is 11.9. The molecule has 25 heavy (non-hydrogen) atoms. The van der Waals surface area contributed by atoms with Gasteiger partial charge in [0.05, 0.1) is 18.5 Å². The minimum Gasteiger partial charge on any atom is -0.489 e. The summed E-state index contributed by atoms with van der Waals surface area (Å²) in [5, 5.41) is 0. The van der Waals surface area contributed by atoms with E-state index in [1.165, 1.54) is 10.6 Å². The van der Waals surface area contributed by atoms with Crippen molar-refractivity contribution in [1.29, 1.82) is 0 Å². The van der Waals surface area contributed by atoms with Crippen molar-refractivity contribution in [2.45, 2.75) is 12.8 Å². The van der Waals surface area contributed by atoms with Crippen LogP contribution in [-0.2, 0) is 14.8 Å². The Bertz CT molecular complexity index is 787. The minimum atomic E-state index is -3.17. The van der Waals surface area contributed by atoms with E-state index in [-0.39, 0.29) is 11.8 Å². The highest BCUT2D eigenvalue weighted by molar-refractivity contribution is 7.88. The SMILES string of the molecule is CS(=O)(=O)N1CCC(C(=O)N2CCN3CCOc4cccc2c43)CC1. The molecule has 0 bridgehead atoms. The number of hydrogen-bond donors (Lipinski definition) is 0. The highest BCUT2D eigenvalue weighted by Crippen LogP contribution is 2.43. The van der Waals surface area contributed by atoms with Crippen LogP contribution in [0.1, 0.15) is 12.8 Å². The van der Waals surface area contributed by atoms with Crippen molar-refractivity contribution in [1.82, 2.24) is 4.31 Å². The lowest BCUT2D eigenvalue weighted by Gasteiger charge is -2.42. The summed E-state index contributed by atoms with van der Waals surface area (Å²) < 4.78 is 30.5. The number of benzene rings is 1. The van der Waals surface area contributed by atoms with Gasteiger partial charge in [-0.25, -0.2) is 12.7 Å². The largest absolute Gasteiger partial charge is 0.489 e. The van der Waals surface area contributed by atoms with Gasteiger partial charge in [0.25, 0.3) is 0 Å². The molecule has 1 aromatic carbocycles. The molecule has 4 rings (SSSR count). The quantitative estimate of drug-likeness (QED) is 0.779. The Labute approximate surface area is 148 Å². The van der Waals surface area contributed by atoms with Gasteiger partial charge in [-0.3, -0.25) is 4.79 Å². The summed E-state index contributed by atoms with van der Waals surface area (Å²) >= 11 is 0. The zero-order valence-electron chi connectivity index (χ0n) is 14.3. The summed E-state index contributed by atoms with van der Waals surface area (Å²) in [6, 6.07) is 5.85. The highest BCUT2D eigenvalue weighted by atomic mass is 32.2. The van der Waals surface area contributed by atoms with Gasteiger partial charge in [0, 0.05) is 32.1 Å². The second kappa shape index (κ2) is 6.17. The highest BCUT2D eigenvalue weighted by Gasteiger charge is 2.36. The molecule has 0 aliphatic carbocycles. The van der Waals surface area contributed by atoms with Crippen LogP contribution >= 0.6 is 0 Å². The average Bonchev–Trinajstić information content (AvgIpc) is 2.61. The summed E-state index contributed by atoms with van der Waals surface area (Å²) in [7, 11) is -3.17. The van der Waals surface area contributed by atoms with Crippen LogP contribution < -0.4 is 14.5 Å². The first kappa shape index (κ1) is 16.7. The fraction of sp³-hybridized carbons (Fsp3) is 0.588. The third kappa shape index (κ3) is 2.97. The Morgan fingerprint density at radius 2 is 1.88 bits per heavy atom. The molecule has 1 aromatic rings. The molecular formula is C17H23N3O4S.